The highest BCUT2D eigenvalue weighted by Crippen LogP contribution is 2.28. The summed E-state index contributed by atoms with van der Waals surface area (Å²) in [4.78, 5) is 0. The third-order valence-corrected chi connectivity index (χ3v) is 3.33. The number of hydrogen-bond acceptors (Lipinski definition) is 4. The lowest BCUT2D eigenvalue weighted by atomic mass is 10.2. The van der Waals surface area contributed by atoms with Crippen LogP contribution in [-0.4, -0.2) is 25.5 Å². The van der Waals surface area contributed by atoms with E-state index in [9.17, 15) is 0 Å². The van der Waals surface area contributed by atoms with Crippen molar-refractivity contribution in [2.75, 3.05) is 14.2 Å². The Bertz CT molecular complexity index is 675. The Morgan fingerprint density at radius 3 is 2.65 bits per heavy atom. The molecule has 0 atom stereocenters. The van der Waals surface area contributed by atoms with Crippen molar-refractivity contribution in [1.82, 2.24) is 10.7 Å². The predicted octanol–water partition coefficient (Wildman–Crippen LogP) is 2.70. The van der Waals surface area contributed by atoms with Gasteiger partial charge in [-0.25, -0.2) is 0 Å². The highest BCUT2D eigenvalue weighted by Gasteiger charge is 2.05. The number of hydrogen-bond donors (Lipinski definition) is 2. The first-order chi connectivity index (χ1) is 11.2. The van der Waals surface area contributed by atoms with Crippen molar-refractivity contribution >= 4 is 23.5 Å². The Morgan fingerprint density at radius 2 is 1.96 bits per heavy atom. The van der Waals surface area contributed by atoms with Gasteiger partial charge >= 0.3 is 0 Å². The molecule has 0 bridgehead atoms. The summed E-state index contributed by atoms with van der Waals surface area (Å²) in [7, 11) is 3.35. The Kier molecular flexibility index (Phi) is 6.38. The standard InChI is InChI=1S/C17H19N3O2S/c1-18-17(23)20-19-11-14-8-9-15(21-2)16(10-14)22-12-13-6-4-3-5-7-13/h3-11H,12H2,1-2H3,(H2,18,20,23)/b19-11-. The molecule has 0 aliphatic rings. The van der Waals surface area contributed by atoms with E-state index in [1.54, 1.807) is 20.4 Å². The van der Waals surface area contributed by atoms with Gasteiger partial charge in [0.1, 0.15) is 6.61 Å². The predicted molar refractivity (Wildman–Crippen MR) is 96.2 cm³/mol. The number of benzene rings is 2. The van der Waals surface area contributed by atoms with Gasteiger partial charge in [-0.15, -0.1) is 0 Å². The minimum absolute atomic E-state index is 0.454. The third-order valence-electron chi connectivity index (χ3n) is 3.03. The van der Waals surface area contributed by atoms with Crippen LogP contribution in [0.3, 0.4) is 0 Å². The van der Waals surface area contributed by atoms with Gasteiger partial charge < -0.3 is 14.8 Å². The molecule has 0 aromatic heterocycles. The first-order valence-corrected chi connectivity index (χ1v) is 7.49. The maximum absolute atomic E-state index is 5.86. The fourth-order valence-electron chi connectivity index (χ4n) is 1.84. The number of nitrogens with zero attached hydrogens (tertiary/aromatic N) is 1. The van der Waals surface area contributed by atoms with Crippen molar-refractivity contribution in [3.8, 4) is 11.5 Å². The largest absolute Gasteiger partial charge is 0.493 e. The maximum atomic E-state index is 5.86. The quantitative estimate of drug-likeness (QED) is 0.485. The second-order valence-corrected chi connectivity index (χ2v) is 5.04. The van der Waals surface area contributed by atoms with Gasteiger partial charge in [0.15, 0.2) is 16.6 Å². The minimum atomic E-state index is 0.454. The molecule has 5 nitrogen and oxygen atoms in total. The molecule has 0 radical (unpaired) electrons. The van der Waals surface area contributed by atoms with Gasteiger partial charge in [-0.1, -0.05) is 30.3 Å². The fraction of sp³-hybridized carbons (Fsp3) is 0.176. The number of ether oxygens (including phenoxy) is 2. The van der Waals surface area contributed by atoms with Gasteiger partial charge in [-0.2, -0.15) is 5.10 Å². The zero-order valence-electron chi connectivity index (χ0n) is 13.1. The molecule has 0 fully saturated rings. The van der Waals surface area contributed by atoms with E-state index in [4.69, 9.17) is 21.7 Å². The minimum Gasteiger partial charge on any atom is -0.493 e. The van der Waals surface area contributed by atoms with Crippen molar-refractivity contribution in [3.63, 3.8) is 0 Å². The van der Waals surface area contributed by atoms with Crippen LogP contribution in [0.4, 0.5) is 0 Å². The summed E-state index contributed by atoms with van der Waals surface area (Å²) in [5.74, 6) is 1.34. The van der Waals surface area contributed by atoms with Gasteiger partial charge in [-0.3, -0.25) is 5.43 Å². The molecule has 0 heterocycles. The van der Waals surface area contributed by atoms with Gasteiger partial charge in [0, 0.05) is 7.05 Å². The van der Waals surface area contributed by atoms with E-state index in [0.29, 0.717) is 23.2 Å². The lowest BCUT2D eigenvalue weighted by molar-refractivity contribution is 0.284. The zero-order valence-corrected chi connectivity index (χ0v) is 13.9. The molecule has 6 heteroatoms. The smallest absolute Gasteiger partial charge is 0.186 e. The van der Waals surface area contributed by atoms with E-state index < -0.39 is 0 Å². The topological polar surface area (TPSA) is 54.9 Å². The van der Waals surface area contributed by atoms with E-state index in [0.717, 1.165) is 11.1 Å². The average molecular weight is 329 g/mol. The summed E-state index contributed by atoms with van der Waals surface area (Å²) in [5.41, 5.74) is 4.67. The molecule has 0 spiro atoms. The lowest BCUT2D eigenvalue weighted by Gasteiger charge is -2.11. The van der Waals surface area contributed by atoms with Crippen LogP contribution in [0.15, 0.2) is 53.6 Å². The fourth-order valence-corrected chi connectivity index (χ4v) is 1.90. The highest BCUT2D eigenvalue weighted by atomic mass is 32.1. The number of rotatable bonds is 6. The highest BCUT2D eigenvalue weighted by molar-refractivity contribution is 7.80. The first-order valence-electron chi connectivity index (χ1n) is 7.08. The van der Waals surface area contributed by atoms with Crippen LogP contribution in [0, 0.1) is 0 Å². The van der Waals surface area contributed by atoms with Gasteiger partial charge in [0.2, 0.25) is 0 Å². The monoisotopic (exact) mass is 329 g/mol. The number of thiocarbonyl (C=S) groups is 1. The Morgan fingerprint density at radius 1 is 1.17 bits per heavy atom. The van der Waals surface area contributed by atoms with Crippen LogP contribution >= 0.6 is 12.2 Å². The number of methoxy groups -OCH3 is 1. The molecule has 120 valence electrons. The SMILES string of the molecule is CNC(=S)N/N=C\c1ccc(OC)c(OCc2ccccc2)c1. The average Bonchev–Trinajstić information content (AvgIpc) is 2.60. The van der Waals surface area contributed by atoms with Crippen LogP contribution in [0.25, 0.3) is 0 Å². The molecule has 2 N–H and O–H groups in total. The van der Waals surface area contributed by atoms with E-state index in [2.05, 4.69) is 15.8 Å². The molecule has 2 rings (SSSR count). The van der Waals surface area contributed by atoms with Crippen molar-refractivity contribution in [1.29, 1.82) is 0 Å². The van der Waals surface area contributed by atoms with Crippen molar-refractivity contribution in [3.05, 3.63) is 59.7 Å². The van der Waals surface area contributed by atoms with Crippen LogP contribution < -0.4 is 20.2 Å². The van der Waals surface area contributed by atoms with Crippen LogP contribution in [0.5, 0.6) is 11.5 Å². The van der Waals surface area contributed by atoms with Gasteiger partial charge in [-0.05, 0) is 41.5 Å². The normalized spacial score (nSPS) is 10.3. The van der Waals surface area contributed by atoms with E-state index in [1.807, 2.05) is 48.5 Å². The van der Waals surface area contributed by atoms with Crippen LogP contribution in [-0.2, 0) is 6.61 Å². The van der Waals surface area contributed by atoms with Crippen LogP contribution in [0.1, 0.15) is 11.1 Å². The van der Waals surface area contributed by atoms with Crippen molar-refractivity contribution in [2.24, 2.45) is 5.10 Å². The number of nitrogens with one attached hydrogen (secondary N) is 2. The number of hydrazone groups is 1. The molecule has 0 aliphatic heterocycles. The molecule has 0 aliphatic carbocycles. The van der Waals surface area contributed by atoms with Crippen LogP contribution in [0.2, 0.25) is 0 Å². The summed E-state index contributed by atoms with van der Waals surface area (Å²) >= 11 is 4.95. The molecular formula is C17H19N3O2S. The summed E-state index contributed by atoms with van der Waals surface area (Å²) in [6.45, 7) is 0.472. The Hall–Kier alpha value is -2.60. The van der Waals surface area contributed by atoms with E-state index in [-0.39, 0.29) is 0 Å². The second kappa shape index (κ2) is 8.75. The molecule has 2 aromatic rings. The van der Waals surface area contributed by atoms with Crippen molar-refractivity contribution in [2.45, 2.75) is 6.61 Å². The maximum Gasteiger partial charge on any atom is 0.186 e. The molecule has 23 heavy (non-hydrogen) atoms. The van der Waals surface area contributed by atoms with Crippen molar-refractivity contribution < 1.29 is 9.47 Å². The molecule has 0 amide bonds. The third kappa shape index (κ3) is 5.27. The summed E-state index contributed by atoms with van der Waals surface area (Å²) in [6.07, 6.45) is 1.67. The Balaban J connectivity index is 2.07. The van der Waals surface area contributed by atoms with Gasteiger partial charge in [0.05, 0.1) is 13.3 Å². The molecule has 0 saturated heterocycles. The van der Waals surface area contributed by atoms with Gasteiger partial charge in [0.25, 0.3) is 0 Å². The lowest BCUT2D eigenvalue weighted by Crippen LogP contribution is -2.28. The second-order valence-electron chi connectivity index (χ2n) is 4.63. The van der Waals surface area contributed by atoms with E-state index in [1.165, 1.54) is 0 Å². The first kappa shape index (κ1) is 16.8. The zero-order chi connectivity index (χ0) is 16.5. The summed E-state index contributed by atoms with van der Waals surface area (Å²) < 4.78 is 11.2. The molecule has 0 unspecified atom stereocenters. The Labute approximate surface area is 141 Å². The molecule has 0 saturated carbocycles. The molecule has 2 aromatic carbocycles. The summed E-state index contributed by atoms with van der Waals surface area (Å²) in [6, 6.07) is 15.6. The summed E-state index contributed by atoms with van der Waals surface area (Å²) in [5, 5.41) is 7.29. The van der Waals surface area contributed by atoms with E-state index >= 15 is 0 Å². The molecular weight excluding hydrogens is 310 g/mol.